The van der Waals surface area contributed by atoms with Crippen LogP contribution in [0.25, 0.3) is 11.0 Å². The molecule has 0 unspecified atom stereocenters. The van der Waals surface area contributed by atoms with Crippen molar-refractivity contribution in [3.8, 4) is 0 Å². The minimum atomic E-state index is -5.08. The summed E-state index contributed by atoms with van der Waals surface area (Å²) in [6, 6.07) is 15.4. The Balaban J connectivity index is 0.000000364. The number of aromatic nitrogens is 2. The van der Waals surface area contributed by atoms with Crippen LogP contribution in [0, 0.1) is 5.82 Å². The van der Waals surface area contributed by atoms with E-state index in [-0.39, 0.29) is 5.82 Å². The molecule has 1 aromatic heterocycles. The van der Waals surface area contributed by atoms with Gasteiger partial charge in [0.05, 0.1) is 11.0 Å². The number of nitrogens with zero attached hydrogens (tertiary/aromatic N) is 4. The number of anilines is 2. The van der Waals surface area contributed by atoms with Gasteiger partial charge >= 0.3 is 12.1 Å². The van der Waals surface area contributed by atoms with Crippen LogP contribution in [-0.2, 0) is 11.3 Å². The largest absolute Gasteiger partial charge is 0.490 e. The normalized spacial score (nSPS) is 16.5. The lowest BCUT2D eigenvalue weighted by Gasteiger charge is -2.36. The van der Waals surface area contributed by atoms with Crippen LogP contribution >= 0.6 is 0 Å². The van der Waals surface area contributed by atoms with Crippen molar-refractivity contribution in [2.24, 2.45) is 0 Å². The minimum Gasteiger partial charge on any atom is -0.475 e. The summed E-state index contributed by atoms with van der Waals surface area (Å²) in [6.07, 6.45) is -2.67. The Morgan fingerprint density at radius 1 is 0.971 bits per heavy atom. The van der Waals surface area contributed by atoms with Crippen LogP contribution in [0.2, 0.25) is 0 Å². The number of hydrogen-bond donors (Lipinski definition) is 2. The standard InChI is InChI=1S/C22H24FN5.C2HF3O2/c23-17-7-5-16(6-8-17)15-27-11-13-28(14-12-27)22-21(24-18-9-10-18)25-19-3-1-2-4-20(19)26-22;3-2(4,5)1(6)7/h1-8,18H,9-15H2,(H,24,25);(H,6,7). The molecule has 2 heterocycles. The van der Waals surface area contributed by atoms with E-state index in [1.807, 2.05) is 36.4 Å². The third-order valence-corrected chi connectivity index (χ3v) is 5.70. The molecule has 3 aromatic rings. The van der Waals surface area contributed by atoms with Crippen LogP contribution in [0.15, 0.2) is 48.5 Å². The quantitative estimate of drug-likeness (QED) is 0.515. The van der Waals surface area contributed by atoms with Gasteiger partial charge < -0.3 is 15.3 Å². The number of carbonyl (C=O) groups is 1. The Morgan fingerprint density at radius 3 is 2.09 bits per heavy atom. The van der Waals surface area contributed by atoms with Gasteiger partial charge in [0, 0.05) is 38.8 Å². The topological polar surface area (TPSA) is 81.6 Å². The fraction of sp³-hybridized carbons (Fsp3) is 0.375. The number of rotatable bonds is 5. The number of nitrogens with one attached hydrogen (secondary N) is 1. The molecule has 2 aromatic carbocycles. The molecule has 1 aliphatic heterocycles. The molecular formula is C24H25F4N5O2. The van der Waals surface area contributed by atoms with Crippen LogP contribution in [0.1, 0.15) is 18.4 Å². The maximum absolute atomic E-state index is 13.1. The van der Waals surface area contributed by atoms with Crippen molar-refractivity contribution in [1.82, 2.24) is 14.9 Å². The maximum Gasteiger partial charge on any atom is 0.490 e. The number of carboxylic acid groups (broad SMARTS) is 1. The van der Waals surface area contributed by atoms with E-state index in [1.54, 1.807) is 0 Å². The van der Waals surface area contributed by atoms with E-state index >= 15 is 0 Å². The predicted molar refractivity (Wildman–Crippen MR) is 124 cm³/mol. The molecule has 1 saturated heterocycles. The molecular weight excluding hydrogens is 466 g/mol. The molecule has 7 nitrogen and oxygen atoms in total. The van der Waals surface area contributed by atoms with Crippen LogP contribution in [0.5, 0.6) is 0 Å². The second-order valence-corrected chi connectivity index (χ2v) is 8.50. The number of fused-ring (bicyclic) bond motifs is 1. The fourth-order valence-electron chi connectivity index (χ4n) is 3.69. The van der Waals surface area contributed by atoms with Crippen LogP contribution in [0.4, 0.5) is 29.2 Å². The van der Waals surface area contributed by atoms with Gasteiger partial charge in [0.2, 0.25) is 0 Å². The third kappa shape index (κ3) is 6.78. The lowest BCUT2D eigenvalue weighted by molar-refractivity contribution is -0.192. The van der Waals surface area contributed by atoms with Crippen molar-refractivity contribution < 1.29 is 27.5 Å². The second kappa shape index (κ2) is 10.4. The summed E-state index contributed by atoms with van der Waals surface area (Å²) in [6.45, 7) is 4.58. The van der Waals surface area contributed by atoms with Gasteiger partial charge in [-0.3, -0.25) is 4.90 Å². The smallest absolute Gasteiger partial charge is 0.475 e. The molecule has 11 heteroatoms. The summed E-state index contributed by atoms with van der Waals surface area (Å²) >= 11 is 0. The molecule has 2 aliphatic rings. The molecule has 2 N–H and O–H groups in total. The highest BCUT2D eigenvalue weighted by atomic mass is 19.4. The Labute approximate surface area is 199 Å². The number of hydrogen-bond acceptors (Lipinski definition) is 6. The number of benzene rings is 2. The van der Waals surface area contributed by atoms with Crippen molar-refractivity contribution >= 4 is 28.6 Å². The van der Waals surface area contributed by atoms with Gasteiger partial charge in [-0.15, -0.1) is 0 Å². The molecule has 0 spiro atoms. The van der Waals surface area contributed by atoms with E-state index < -0.39 is 12.1 Å². The first-order chi connectivity index (χ1) is 16.7. The number of alkyl halides is 3. The Kier molecular flexibility index (Phi) is 7.34. The Bertz CT molecular complexity index is 1160. The molecule has 1 aliphatic carbocycles. The van der Waals surface area contributed by atoms with Gasteiger partial charge in [-0.1, -0.05) is 24.3 Å². The van der Waals surface area contributed by atoms with Gasteiger partial charge in [-0.05, 0) is 42.7 Å². The second-order valence-electron chi connectivity index (χ2n) is 8.50. The summed E-state index contributed by atoms with van der Waals surface area (Å²) in [4.78, 5) is 23.4. The van der Waals surface area contributed by atoms with Crippen molar-refractivity contribution in [2.45, 2.75) is 31.6 Å². The molecule has 186 valence electrons. The van der Waals surface area contributed by atoms with Crippen molar-refractivity contribution in [1.29, 1.82) is 0 Å². The van der Waals surface area contributed by atoms with Gasteiger partial charge in [-0.25, -0.2) is 19.2 Å². The Morgan fingerprint density at radius 2 is 1.54 bits per heavy atom. The zero-order chi connectivity index (χ0) is 25.0. The molecule has 35 heavy (non-hydrogen) atoms. The van der Waals surface area contributed by atoms with E-state index in [1.165, 1.54) is 25.0 Å². The summed E-state index contributed by atoms with van der Waals surface area (Å²) in [5.41, 5.74) is 3.02. The van der Waals surface area contributed by atoms with Crippen LogP contribution in [0.3, 0.4) is 0 Å². The SMILES string of the molecule is Fc1ccc(CN2CCN(c3nc4ccccc4nc3NC3CC3)CC2)cc1.O=C(O)C(F)(F)F. The van der Waals surface area contributed by atoms with Crippen LogP contribution in [-0.4, -0.2) is 64.3 Å². The fourth-order valence-corrected chi connectivity index (χ4v) is 3.69. The first-order valence-electron chi connectivity index (χ1n) is 11.2. The van der Waals surface area contributed by atoms with Crippen molar-refractivity contribution in [2.75, 3.05) is 36.4 Å². The van der Waals surface area contributed by atoms with Gasteiger partial charge in [0.1, 0.15) is 5.82 Å². The summed E-state index contributed by atoms with van der Waals surface area (Å²) in [7, 11) is 0. The summed E-state index contributed by atoms with van der Waals surface area (Å²) < 4.78 is 44.8. The first kappa shape index (κ1) is 24.6. The average molecular weight is 491 g/mol. The lowest BCUT2D eigenvalue weighted by Crippen LogP contribution is -2.46. The predicted octanol–water partition coefficient (Wildman–Crippen LogP) is 4.30. The Hall–Kier alpha value is -3.47. The van der Waals surface area contributed by atoms with E-state index in [0.717, 1.165) is 61.0 Å². The molecule has 5 rings (SSSR count). The van der Waals surface area contributed by atoms with Crippen molar-refractivity contribution in [3.63, 3.8) is 0 Å². The molecule has 2 fully saturated rings. The van der Waals surface area contributed by atoms with E-state index in [4.69, 9.17) is 19.9 Å². The zero-order valence-corrected chi connectivity index (χ0v) is 18.8. The average Bonchev–Trinajstić information content (AvgIpc) is 3.65. The van der Waals surface area contributed by atoms with E-state index in [9.17, 15) is 17.6 Å². The molecule has 0 atom stereocenters. The number of para-hydroxylation sites is 2. The number of piperazine rings is 1. The highest BCUT2D eigenvalue weighted by Gasteiger charge is 2.38. The third-order valence-electron chi connectivity index (χ3n) is 5.70. The minimum absolute atomic E-state index is 0.181. The summed E-state index contributed by atoms with van der Waals surface area (Å²) in [5, 5.41) is 10.7. The molecule has 0 amide bonds. The zero-order valence-electron chi connectivity index (χ0n) is 18.8. The van der Waals surface area contributed by atoms with Gasteiger partial charge in [0.25, 0.3) is 0 Å². The van der Waals surface area contributed by atoms with Crippen molar-refractivity contribution in [3.05, 3.63) is 59.9 Å². The number of aliphatic carboxylic acids is 1. The maximum atomic E-state index is 13.1. The highest BCUT2D eigenvalue weighted by Crippen LogP contribution is 2.31. The number of halogens is 4. The molecule has 1 saturated carbocycles. The summed E-state index contributed by atoms with van der Waals surface area (Å²) in [5.74, 6) is -1.06. The first-order valence-corrected chi connectivity index (χ1v) is 11.2. The van der Waals surface area contributed by atoms with Gasteiger partial charge in [-0.2, -0.15) is 13.2 Å². The monoisotopic (exact) mass is 491 g/mol. The van der Waals surface area contributed by atoms with Crippen LogP contribution < -0.4 is 10.2 Å². The number of carboxylic acids is 1. The van der Waals surface area contributed by atoms with E-state index in [2.05, 4.69) is 15.1 Å². The molecule has 0 bridgehead atoms. The van der Waals surface area contributed by atoms with E-state index in [0.29, 0.717) is 6.04 Å². The highest BCUT2D eigenvalue weighted by molar-refractivity contribution is 5.80. The molecule has 0 radical (unpaired) electrons. The lowest BCUT2D eigenvalue weighted by atomic mass is 10.2. The van der Waals surface area contributed by atoms with Gasteiger partial charge in [0.15, 0.2) is 11.6 Å².